The van der Waals surface area contributed by atoms with E-state index in [2.05, 4.69) is 0 Å². The van der Waals surface area contributed by atoms with E-state index in [-0.39, 0.29) is 17.4 Å². The summed E-state index contributed by atoms with van der Waals surface area (Å²) < 4.78 is 28.9. The van der Waals surface area contributed by atoms with Gasteiger partial charge in [-0.2, -0.15) is 9.57 Å². The summed E-state index contributed by atoms with van der Waals surface area (Å²) in [6, 6.07) is 12.5. The van der Waals surface area contributed by atoms with Crippen molar-refractivity contribution >= 4 is 39.1 Å². The smallest absolute Gasteiger partial charge is 0.252 e. The van der Waals surface area contributed by atoms with Crippen molar-refractivity contribution in [3.8, 4) is 6.07 Å². The van der Waals surface area contributed by atoms with E-state index in [0.717, 1.165) is 30.6 Å². The van der Waals surface area contributed by atoms with E-state index < -0.39 is 27.9 Å². The fraction of sp³-hybridized carbons (Fsp3) is 0.375. The molecule has 1 aliphatic carbocycles. The van der Waals surface area contributed by atoms with Crippen molar-refractivity contribution in [3.63, 3.8) is 0 Å². The summed E-state index contributed by atoms with van der Waals surface area (Å²) in [5.74, 6) is -1.02. The van der Waals surface area contributed by atoms with Crippen LogP contribution in [0.1, 0.15) is 50.5 Å². The van der Waals surface area contributed by atoms with Crippen molar-refractivity contribution in [2.45, 2.75) is 61.9 Å². The molecular formula is C24H24ClN3O4S. The molecular weight excluding hydrogens is 462 g/mol. The first-order valence-corrected chi connectivity index (χ1v) is 12.8. The highest BCUT2D eigenvalue weighted by Gasteiger charge is 2.49. The monoisotopic (exact) mass is 485 g/mol. The Labute approximate surface area is 198 Å². The molecule has 2 aromatic carbocycles. The average molecular weight is 486 g/mol. The van der Waals surface area contributed by atoms with Crippen LogP contribution < -0.4 is 4.90 Å². The lowest BCUT2D eigenvalue weighted by molar-refractivity contribution is -0.122. The zero-order valence-corrected chi connectivity index (χ0v) is 19.6. The number of benzene rings is 2. The average Bonchev–Trinajstić information content (AvgIpc) is 2.97. The van der Waals surface area contributed by atoms with E-state index in [9.17, 15) is 18.0 Å². The molecule has 0 aromatic heterocycles. The molecule has 4 rings (SSSR count). The van der Waals surface area contributed by atoms with Gasteiger partial charge in [-0.15, -0.1) is 0 Å². The van der Waals surface area contributed by atoms with Crippen LogP contribution >= 0.6 is 11.6 Å². The Morgan fingerprint density at radius 3 is 2.12 bits per heavy atom. The zero-order valence-electron chi connectivity index (χ0n) is 18.0. The molecule has 2 amide bonds. The third kappa shape index (κ3) is 4.67. The van der Waals surface area contributed by atoms with Crippen molar-refractivity contribution in [2.75, 3.05) is 4.90 Å². The molecule has 0 N–H and O–H groups in total. The van der Waals surface area contributed by atoms with E-state index in [1.807, 2.05) is 6.07 Å². The summed E-state index contributed by atoms with van der Waals surface area (Å²) in [5.41, 5.74) is 0.732. The van der Waals surface area contributed by atoms with Gasteiger partial charge in [-0.1, -0.05) is 37.3 Å². The number of halogens is 1. The van der Waals surface area contributed by atoms with Crippen LogP contribution in [-0.4, -0.2) is 36.6 Å². The summed E-state index contributed by atoms with van der Waals surface area (Å²) >= 11 is 5.96. The second-order valence-corrected chi connectivity index (χ2v) is 10.7. The normalized spacial score (nSPS) is 20.2. The maximum Gasteiger partial charge on any atom is 0.252 e. The number of carbonyl (C=O) groups is 2. The largest absolute Gasteiger partial charge is 0.274 e. The number of sulfonamides is 1. The Bertz CT molecular complexity index is 1180. The second kappa shape index (κ2) is 9.64. The number of hydrogen-bond donors (Lipinski definition) is 0. The van der Waals surface area contributed by atoms with Crippen molar-refractivity contribution in [1.82, 2.24) is 4.31 Å². The highest BCUT2D eigenvalue weighted by molar-refractivity contribution is 7.89. The number of amides is 2. The quantitative estimate of drug-likeness (QED) is 0.465. The van der Waals surface area contributed by atoms with Gasteiger partial charge in [-0.25, -0.2) is 13.3 Å². The summed E-state index contributed by atoms with van der Waals surface area (Å²) in [6.07, 6.45) is 4.82. The van der Waals surface area contributed by atoms with Gasteiger partial charge >= 0.3 is 0 Å². The first kappa shape index (κ1) is 23.4. The van der Waals surface area contributed by atoms with Crippen molar-refractivity contribution in [1.29, 1.82) is 5.26 Å². The molecule has 1 aliphatic heterocycles. The minimum atomic E-state index is -4.06. The molecule has 1 saturated carbocycles. The third-order valence-corrected chi connectivity index (χ3v) is 8.49. The number of anilines is 1. The molecule has 2 aliphatic rings. The van der Waals surface area contributed by atoms with Crippen LogP contribution in [0.4, 0.5) is 5.69 Å². The fourth-order valence-electron chi connectivity index (χ4n) is 4.63. The van der Waals surface area contributed by atoms with Gasteiger partial charge in [0.25, 0.3) is 5.91 Å². The Kier molecular flexibility index (Phi) is 6.84. The van der Waals surface area contributed by atoms with Crippen molar-refractivity contribution in [2.24, 2.45) is 0 Å². The summed E-state index contributed by atoms with van der Waals surface area (Å²) in [4.78, 5) is 27.5. The van der Waals surface area contributed by atoms with Crippen LogP contribution in [0.3, 0.4) is 0 Å². The van der Waals surface area contributed by atoms with E-state index in [1.165, 1.54) is 52.8 Å². The molecule has 172 valence electrons. The molecule has 1 heterocycles. The molecule has 33 heavy (non-hydrogen) atoms. The SMILES string of the molecule is N#Cc1ccc(N2C(=O)CC(N(C3CCCCCC3)S(=O)(=O)c3ccc(Cl)cc3)C2=O)cc1. The first-order chi connectivity index (χ1) is 15.8. The number of carbonyl (C=O) groups excluding carboxylic acids is 2. The lowest BCUT2D eigenvalue weighted by Gasteiger charge is -2.33. The number of nitrogens with zero attached hydrogens (tertiary/aromatic N) is 3. The van der Waals surface area contributed by atoms with Gasteiger partial charge in [0.05, 0.1) is 28.6 Å². The summed E-state index contributed by atoms with van der Waals surface area (Å²) in [6.45, 7) is 0. The highest BCUT2D eigenvalue weighted by Crippen LogP contribution is 2.35. The van der Waals surface area contributed by atoms with E-state index >= 15 is 0 Å². The third-order valence-electron chi connectivity index (χ3n) is 6.26. The molecule has 0 bridgehead atoms. The number of hydrogen-bond acceptors (Lipinski definition) is 5. The lowest BCUT2D eigenvalue weighted by atomic mass is 10.1. The van der Waals surface area contributed by atoms with Gasteiger partial charge in [0, 0.05) is 11.1 Å². The minimum absolute atomic E-state index is 0.0493. The Morgan fingerprint density at radius 2 is 1.55 bits per heavy atom. The summed E-state index contributed by atoms with van der Waals surface area (Å²) in [7, 11) is -4.06. The van der Waals surface area contributed by atoms with Gasteiger partial charge in [-0.05, 0) is 61.4 Å². The topological polar surface area (TPSA) is 98.5 Å². The van der Waals surface area contributed by atoms with E-state index in [1.54, 1.807) is 0 Å². The second-order valence-electron chi connectivity index (χ2n) is 8.38. The Hall–Kier alpha value is -2.73. The van der Waals surface area contributed by atoms with Gasteiger partial charge < -0.3 is 0 Å². The number of rotatable bonds is 5. The Morgan fingerprint density at radius 1 is 0.939 bits per heavy atom. The van der Waals surface area contributed by atoms with Gasteiger partial charge in [0.15, 0.2) is 0 Å². The van der Waals surface area contributed by atoms with E-state index in [4.69, 9.17) is 16.9 Å². The molecule has 0 radical (unpaired) electrons. The van der Waals surface area contributed by atoms with Crippen LogP contribution in [0, 0.1) is 11.3 Å². The lowest BCUT2D eigenvalue weighted by Crippen LogP contribution is -2.50. The maximum absolute atomic E-state index is 13.8. The minimum Gasteiger partial charge on any atom is -0.274 e. The molecule has 1 unspecified atom stereocenters. The number of imide groups is 1. The maximum atomic E-state index is 13.8. The Balaban J connectivity index is 1.73. The van der Waals surface area contributed by atoms with Gasteiger partial charge in [-0.3, -0.25) is 9.59 Å². The molecule has 2 fully saturated rings. The van der Waals surface area contributed by atoms with E-state index in [0.29, 0.717) is 29.1 Å². The van der Waals surface area contributed by atoms with Crippen LogP contribution in [0.25, 0.3) is 0 Å². The van der Waals surface area contributed by atoms with Crippen LogP contribution in [0.2, 0.25) is 5.02 Å². The fourth-order valence-corrected chi connectivity index (χ4v) is 6.58. The van der Waals surface area contributed by atoms with Crippen LogP contribution in [-0.2, 0) is 19.6 Å². The predicted octanol–water partition coefficient (Wildman–Crippen LogP) is 4.26. The molecule has 9 heteroatoms. The summed E-state index contributed by atoms with van der Waals surface area (Å²) in [5, 5.41) is 9.43. The van der Waals surface area contributed by atoms with Crippen LogP contribution in [0.5, 0.6) is 0 Å². The van der Waals surface area contributed by atoms with Gasteiger partial charge in [0.2, 0.25) is 15.9 Å². The number of nitriles is 1. The molecule has 1 atom stereocenters. The zero-order chi connectivity index (χ0) is 23.6. The first-order valence-electron chi connectivity index (χ1n) is 11.0. The van der Waals surface area contributed by atoms with Crippen LogP contribution in [0.15, 0.2) is 53.4 Å². The molecule has 0 spiro atoms. The molecule has 2 aromatic rings. The van der Waals surface area contributed by atoms with Crippen molar-refractivity contribution in [3.05, 3.63) is 59.1 Å². The standard InChI is InChI=1S/C24H24ClN3O4S/c25-18-9-13-21(14-10-18)33(31,32)28(20-5-3-1-2-4-6-20)22-15-23(29)27(24(22)30)19-11-7-17(16-26)8-12-19/h7-14,20,22H,1-6,15H2. The van der Waals surface area contributed by atoms with Gasteiger partial charge in [0.1, 0.15) is 6.04 Å². The van der Waals surface area contributed by atoms with Crippen molar-refractivity contribution < 1.29 is 18.0 Å². The molecule has 7 nitrogen and oxygen atoms in total. The predicted molar refractivity (Wildman–Crippen MR) is 124 cm³/mol. The molecule has 1 saturated heterocycles. The highest BCUT2D eigenvalue weighted by atomic mass is 35.5.